The zero-order chi connectivity index (χ0) is 11.4. The molecule has 0 aliphatic heterocycles. The number of benzene rings is 1. The molecule has 1 heterocycles. The van der Waals surface area contributed by atoms with Gasteiger partial charge in [0.1, 0.15) is 5.75 Å². The summed E-state index contributed by atoms with van der Waals surface area (Å²) >= 11 is 0. The molecule has 1 aromatic heterocycles. The second-order valence-corrected chi connectivity index (χ2v) is 3.67. The molecule has 0 amide bonds. The van der Waals surface area contributed by atoms with Crippen LogP contribution >= 0.6 is 0 Å². The fourth-order valence-electron chi connectivity index (χ4n) is 1.56. The van der Waals surface area contributed by atoms with E-state index in [1.54, 1.807) is 36.7 Å². The van der Waals surface area contributed by atoms with Crippen molar-refractivity contribution in [2.75, 3.05) is 0 Å². The molecule has 1 atom stereocenters. The van der Waals surface area contributed by atoms with Crippen LogP contribution in [0.5, 0.6) is 5.75 Å². The van der Waals surface area contributed by atoms with Gasteiger partial charge in [0.15, 0.2) is 0 Å². The molecule has 0 spiro atoms. The van der Waals surface area contributed by atoms with E-state index in [4.69, 9.17) is 5.11 Å². The molecule has 0 fully saturated rings. The summed E-state index contributed by atoms with van der Waals surface area (Å²) in [6.45, 7) is 0. The molecule has 0 saturated heterocycles. The van der Waals surface area contributed by atoms with Crippen LogP contribution in [0.4, 0.5) is 0 Å². The molecule has 0 aliphatic carbocycles. The average Bonchev–Trinajstić information content (AvgIpc) is 2.31. The van der Waals surface area contributed by atoms with Gasteiger partial charge in [0.2, 0.25) is 0 Å². The van der Waals surface area contributed by atoms with Gasteiger partial charge in [-0.2, -0.15) is 0 Å². The van der Waals surface area contributed by atoms with Crippen molar-refractivity contribution in [1.82, 2.24) is 4.98 Å². The van der Waals surface area contributed by atoms with Crippen LogP contribution in [0.2, 0.25) is 0 Å². The smallest absolute Gasteiger partial charge is 0.115 e. The number of aromatic nitrogens is 1. The van der Waals surface area contributed by atoms with Crippen molar-refractivity contribution >= 4 is 0 Å². The Balaban J connectivity index is 2.09. The van der Waals surface area contributed by atoms with E-state index in [2.05, 4.69) is 4.98 Å². The second kappa shape index (κ2) is 4.77. The number of rotatable bonds is 3. The third-order valence-corrected chi connectivity index (χ3v) is 2.43. The summed E-state index contributed by atoms with van der Waals surface area (Å²) in [7, 11) is 0. The molecule has 0 unspecified atom stereocenters. The lowest BCUT2D eigenvalue weighted by Crippen LogP contribution is -2.01. The Labute approximate surface area is 94.0 Å². The van der Waals surface area contributed by atoms with Crippen molar-refractivity contribution in [3.05, 3.63) is 59.9 Å². The van der Waals surface area contributed by atoms with E-state index in [0.717, 1.165) is 11.1 Å². The molecule has 0 radical (unpaired) electrons. The van der Waals surface area contributed by atoms with E-state index in [-0.39, 0.29) is 5.75 Å². The highest BCUT2D eigenvalue weighted by Gasteiger charge is 2.08. The van der Waals surface area contributed by atoms with E-state index in [0.29, 0.717) is 6.42 Å². The normalized spacial score (nSPS) is 12.3. The molecular weight excluding hydrogens is 202 g/mol. The van der Waals surface area contributed by atoms with E-state index in [1.807, 2.05) is 12.1 Å². The molecular formula is C13H13NO2. The number of nitrogens with zero attached hydrogens (tertiary/aromatic N) is 1. The van der Waals surface area contributed by atoms with E-state index >= 15 is 0 Å². The van der Waals surface area contributed by atoms with E-state index < -0.39 is 6.10 Å². The van der Waals surface area contributed by atoms with Crippen LogP contribution in [0, 0.1) is 0 Å². The van der Waals surface area contributed by atoms with Gasteiger partial charge in [-0.1, -0.05) is 18.2 Å². The molecule has 1 aromatic carbocycles. The zero-order valence-corrected chi connectivity index (χ0v) is 8.74. The van der Waals surface area contributed by atoms with Crippen LogP contribution in [0.3, 0.4) is 0 Å². The number of hydrogen-bond acceptors (Lipinski definition) is 3. The topological polar surface area (TPSA) is 53.4 Å². The first-order chi connectivity index (χ1) is 7.75. The fraction of sp³-hybridized carbons (Fsp3) is 0.154. The molecule has 3 nitrogen and oxygen atoms in total. The maximum atomic E-state index is 9.96. The Morgan fingerprint density at radius 2 is 1.88 bits per heavy atom. The molecule has 82 valence electrons. The van der Waals surface area contributed by atoms with Gasteiger partial charge in [0.25, 0.3) is 0 Å². The van der Waals surface area contributed by atoms with Gasteiger partial charge in [-0.25, -0.2) is 0 Å². The maximum Gasteiger partial charge on any atom is 0.115 e. The van der Waals surface area contributed by atoms with Crippen LogP contribution in [0.25, 0.3) is 0 Å². The predicted octanol–water partition coefficient (Wildman–Crippen LogP) is 2.06. The predicted molar refractivity (Wildman–Crippen MR) is 61.0 cm³/mol. The van der Waals surface area contributed by atoms with Crippen LogP contribution < -0.4 is 0 Å². The highest BCUT2D eigenvalue weighted by atomic mass is 16.3. The van der Waals surface area contributed by atoms with Gasteiger partial charge >= 0.3 is 0 Å². The van der Waals surface area contributed by atoms with Crippen molar-refractivity contribution in [2.24, 2.45) is 0 Å². The summed E-state index contributed by atoms with van der Waals surface area (Å²) in [6.07, 6.45) is 3.41. The monoisotopic (exact) mass is 215 g/mol. The Morgan fingerprint density at radius 1 is 1.12 bits per heavy atom. The van der Waals surface area contributed by atoms with Crippen LogP contribution in [-0.2, 0) is 6.42 Å². The molecule has 2 aromatic rings. The minimum atomic E-state index is -0.565. The van der Waals surface area contributed by atoms with Gasteiger partial charge in [0.05, 0.1) is 6.10 Å². The van der Waals surface area contributed by atoms with Gasteiger partial charge in [-0.05, 0) is 29.3 Å². The number of aliphatic hydroxyl groups excluding tert-OH is 1. The number of phenolic OH excluding ortho intramolecular Hbond substituents is 1. The lowest BCUT2D eigenvalue weighted by molar-refractivity contribution is 0.178. The Bertz CT molecular complexity index is 439. The number of hydrogen-bond donors (Lipinski definition) is 2. The number of phenols is 1. The number of pyridine rings is 1. The summed E-state index contributed by atoms with van der Waals surface area (Å²) in [5.41, 5.74) is 1.78. The third kappa shape index (κ3) is 2.58. The van der Waals surface area contributed by atoms with Crippen LogP contribution in [0.15, 0.2) is 48.8 Å². The Morgan fingerprint density at radius 3 is 2.50 bits per heavy atom. The van der Waals surface area contributed by atoms with Gasteiger partial charge < -0.3 is 10.2 Å². The van der Waals surface area contributed by atoms with Crippen molar-refractivity contribution in [1.29, 1.82) is 0 Å². The van der Waals surface area contributed by atoms with Gasteiger partial charge in [-0.15, -0.1) is 0 Å². The first-order valence-electron chi connectivity index (χ1n) is 5.11. The molecule has 3 heteroatoms. The van der Waals surface area contributed by atoms with E-state index in [9.17, 15) is 5.11 Å². The third-order valence-electron chi connectivity index (χ3n) is 2.43. The summed E-state index contributed by atoms with van der Waals surface area (Å²) in [4.78, 5) is 3.99. The van der Waals surface area contributed by atoms with Gasteiger partial charge in [-0.3, -0.25) is 4.98 Å². The minimum Gasteiger partial charge on any atom is -0.508 e. The highest BCUT2D eigenvalue weighted by Crippen LogP contribution is 2.20. The lowest BCUT2D eigenvalue weighted by atomic mass is 10.0. The average molecular weight is 215 g/mol. The van der Waals surface area contributed by atoms with Crippen molar-refractivity contribution in [3.63, 3.8) is 0 Å². The summed E-state index contributed by atoms with van der Waals surface area (Å²) in [5, 5.41) is 19.1. The van der Waals surface area contributed by atoms with Crippen molar-refractivity contribution in [3.8, 4) is 5.75 Å². The first kappa shape index (κ1) is 10.6. The first-order valence-corrected chi connectivity index (χ1v) is 5.11. The summed E-state index contributed by atoms with van der Waals surface area (Å²) in [5.74, 6) is 0.206. The molecule has 0 saturated carbocycles. The lowest BCUT2D eigenvalue weighted by Gasteiger charge is -2.10. The molecule has 2 N–H and O–H groups in total. The van der Waals surface area contributed by atoms with Crippen molar-refractivity contribution < 1.29 is 10.2 Å². The Kier molecular flexibility index (Phi) is 3.17. The number of aromatic hydroxyl groups is 1. The standard InChI is InChI=1S/C13H13NO2/c15-12-5-3-11(4-6-12)13(16)8-10-2-1-7-14-9-10/h1-7,9,13,15-16H,8H2/t13-/m0/s1. The summed E-state index contributed by atoms with van der Waals surface area (Å²) < 4.78 is 0. The molecule has 2 rings (SSSR count). The maximum absolute atomic E-state index is 9.96. The molecule has 0 bridgehead atoms. The van der Waals surface area contributed by atoms with E-state index in [1.165, 1.54) is 0 Å². The van der Waals surface area contributed by atoms with Crippen LogP contribution in [0.1, 0.15) is 17.2 Å². The Hall–Kier alpha value is -1.87. The van der Waals surface area contributed by atoms with Crippen molar-refractivity contribution in [2.45, 2.75) is 12.5 Å². The van der Waals surface area contributed by atoms with Crippen LogP contribution in [-0.4, -0.2) is 15.2 Å². The molecule has 0 aliphatic rings. The minimum absolute atomic E-state index is 0.206. The largest absolute Gasteiger partial charge is 0.508 e. The quantitative estimate of drug-likeness (QED) is 0.824. The zero-order valence-electron chi connectivity index (χ0n) is 8.74. The SMILES string of the molecule is Oc1ccc([C@@H](O)Cc2cccnc2)cc1. The van der Waals surface area contributed by atoms with Gasteiger partial charge in [0, 0.05) is 18.8 Å². The molecule has 16 heavy (non-hydrogen) atoms. The number of aliphatic hydroxyl groups is 1. The summed E-state index contributed by atoms with van der Waals surface area (Å²) in [6, 6.07) is 10.4. The highest BCUT2D eigenvalue weighted by molar-refractivity contribution is 5.28. The fourth-order valence-corrected chi connectivity index (χ4v) is 1.56. The second-order valence-electron chi connectivity index (χ2n) is 3.67.